The Balaban J connectivity index is 1.63. The third kappa shape index (κ3) is 2.43. The minimum absolute atomic E-state index is 0.0652. The molecule has 0 aliphatic carbocycles. The van der Waals surface area contributed by atoms with Crippen molar-refractivity contribution in [3.05, 3.63) is 18.0 Å². The van der Waals surface area contributed by atoms with E-state index in [0.29, 0.717) is 44.5 Å². The molecule has 1 aromatic heterocycles. The van der Waals surface area contributed by atoms with Gasteiger partial charge in [-0.2, -0.15) is 4.31 Å². The number of nitrogens with zero attached hydrogens (tertiary/aromatic N) is 4. The summed E-state index contributed by atoms with van der Waals surface area (Å²) in [5, 5.41) is -0.441. The number of sulfonamides is 1. The Labute approximate surface area is 143 Å². The molecule has 0 radical (unpaired) electrons. The summed E-state index contributed by atoms with van der Waals surface area (Å²) in [5.74, 6) is 0.958. The molecule has 3 aliphatic heterocycles. The largest absolute Gasteiger partial charge is 0.365 e. The van der Waals surface area contributed by atoms with Crippen molar-refractivity contribution in [2.45, 2.75) is 44.1 Å². The second-order valence-corrected chi connectivity index (χ2v) is 9.82. The molecular formula is C16H24N4O3S. The number of aromatic nitrogens is 2. The molecule has 0 saturated carbocycles. The number of hydrogen-bond acceptors (Lipinski definition) is 6. The molecule has 0 aromatic carbocycles. The monoisotopic (exact) mass is 352 g/mol. The van der Waals surface area contributed by atoms with Crippen LogP contribution in [0, 0.1) is 12.8 Å². The second-order valence-electron chi connectivity index (χ2n) is 7.70. The summed E-state index contributed by atoms with van der Waals surface area (Å²) in [5.41, 5.74) is 0.364. The SMILES string of the molecule is Cc1cnc(N2C[C@@H]3C[C@@H]4[C@@](C2)(CN(CC(C)C)S4(=O)=O)O3)nc1. The number of morpholine rings is 1. The van der Waals surface area contributed by atoms with Gasteiger partial charge in [0.2, 0.25) is 16.0 Å². The normalized spacial score (nSPS) is 34.8. The molecular weight excluding hydrogens is 328 g/mol. The molecule has 4 rings (SSSR count). The van der Waals surface area contributed by atoms with E-state index in [-0.39, 0.29) is 6.10 Å². The van der Waals surface area contributed by atoms with Crippen LogP contribution in [0.4, 0.5) is 5.95 Å². The number of hydrogen-bond donors (Lipinski definition) is 0. The van der Waals surface area contributed by atoms with Crippen LogP contribution in [0.5, 0.6) is 0 Å². The maximum atomic E-state index is 12.9. The summed E-state index contributed by atoms with van der Waals surface area (Å²) >= 11 is 0. The van der Waals surface area contributed by atoms with Crippen LogP contribution in [0.3, 0.4) is 0 Å². The summed E-state index contributed by atoms with van der Waals surface area (Å²) in [7, 11) is -3.29. The van der Waals surface area contributed by atoms with Crippen LogP contribution in [0.2, 0.25) is 0 Å². The summed E-state index contributed by atoms with van der Waals surface area (Å²) in [6, 6.07) is 0. The molecule has 0 unspecified atom stereocenters. The van der Waals surface area contributed by atoms with Gasteiger partial charge in [-0.05, 0) is 24.8 Å². The molecule has 3 fully saturated rings. The van der Waals surface area contributed by atoms with Crippen LogP contribution in [0.1, 0.15) is 25.8 Å². The van der Waals surface area contributed by atoms with Crippen LogP contribution < -0.4 is 4.90 Å². The van der Waals surface area contributed by atoms with E-state index in [1.165, 1.54) is 0 Å². The Morgan fingerprint density at radius 2 is 2.04 bits per heavy atom. The van der Waals surface area contributed by atoms with Crippen molar-refractivity contribution in [3.8, 4) is 0 Å². The minimum Gasteiger partial charge on any atom is -0.365 e. The van der Waals surface area contributed by atoms with Gasteiger partial charge in [0.1, 0.15) is 10.9 Å². The van der Waals surface area contributed by atoms with Gasteiger partial charge in [-0.15, -0.1) is 0 Å². The van der Waals surface area contributed by atoms with E-state index >= 15 is 0 Å². The van der Waals surface area contributed by atoms with E-state index in [9.17, 15) is 8.42 Å². The Morgan fingerprint density at radius 3 is 2.71 bits per heavy atom. The Kier molecular flexibility index (Phi) is 3.63. The lowest BCUT2D eigenvalue weighted by molar-refractivity contribution is -0.0535. The molecule has 24 heavy (non-hydrogen) atoms. The number of fused-ring (bicyclic) bond motifs is 1. The lowest BCUT2D eigenvalue weighted by atomic mass is 9.99. The van der Waals surface area contributed by atoms with E-state index in [2.05, 4.69) is 14.9 Å². The van der Waals surface area contributed by atoms with Crippen LogP contribution in [0.25, 0.3) is 0 Å². The average Bonchev–Trinajstić information content (AvgIpc) is 2.86. The average molecular weight is 352 g/mol. The highest BCUT2D eigenvalue weighted by atomic mass is 32.2. The molecule has 8 heteroatoms. The van der Waals surface area contributed by atoms with Crippen LogP contribution in [0.15, 0.2) is 12.4 Å². The molecule has 1 aromatic rings. The van der Waals surface area contributed by atoms with Crippen LogP contribution >= 0.6 is 0 Å². The van der Waals surface area contributed by atoms with E-state index in [4.69, 9.17) is 4.74 Å². The number of aryl methyl sites for hydroxylation is 1. The molecule has 7 nitrogen and oxygen atoms in total. The quantitative estimate of drug-likeness (QED) is 0.801. The van der Waals surface area contributed by atoms with Gasteiger partial charge in [0.05, 0.1) is 12.6 Å². The summed E-state index contributed by atoms with van der Waals surface area (Å²) in [4.78, 5) is 10.9. The third-order valence-electron chi connectivity index (χ3n) is 5.13. The van der Waals surface area contributed by atoms with Crippen molar-refractivity contribution in [2.75, 3.05) is 31.1 Å². The summed E-state index contributed by atoms with van der Waals surface area (Å²) in [6.45, 7) is 8.21. The van der Waals surface area contributed by atoms with Gasteiger partial charge in [0.15, 0.2) is 0 Å². The van der Waals surface area contributed by atoms with Gasteiger partial charge in [0.25, 0.3) is 0 Å². The zero-order valence-corrected chi connectivity index (χ0v) is 15.2. The van der Waals surface area contributed by atoms with Gasteiger partial charge in [-0.3, -0.25) is 0 Å². The Morgan fingerprint density at radius 1 is 1.33 bits per heavy atom. The Bertz CT molecular complexity index is 736. The fourth-order valence-corrected chi connectivity index (χ4v) is 6.69. The first-order valence-corrected chi connectivity index (χ1v) is 10.0. The number of ether oxygens (including phenoxy) is 1. The standard InChI is InChI=1S/C16H24N4O3S/c1-11(2)7-20-10-16-9-19(15-17-5-12(3)6-18-15)8-13(23-16)4-14(16)24(20,21)22/h5-6,11,13-14H,4,7-10H2,1-3H3/t13-,14+,16+/m0/s1. The van der Waals surface area contributed by atoms with Crippen molar-refractivity contribution in [3.63, 3.8) is 0 Å². The number of anilines is 1. The Hall–Kier alpha value is -1.25. The van der Waals surface area contributed by atoms with Crippen molar-refractivity contribution >= 4 is 16.0 Å². The molecule has 132 valence electrons. The van der Waals surface area contributed by atoms with E-state index in [0.717, 1.165) is 5.56 Å². The van der Waals surface area contributed by atoms with Crippen molar-refractivity contribution in [2.24, 2.45) is 5.92 Å². The van der Waals surface area contributed by atoms with Crippen LogP contribution in [-0.2, 0) is 14.8 Å². The van der Waals surface area contributed by atoms with Crippen molar-refractivity contribution in [1.29, 1.82) is 0 Å². The van der Waals surface area contributed by atoms with Gasteiger partial charge >= 0.3 is 0 Å². The first-order valence-electron chi connectivity index (χ1n) is 8.50. The van der Waals surface area contributed by atoms with Gasteiger partial charge in [-0.1, -0.05) is 13.8 Å². The fourth-order valence-electron chi connectivity index (χ4n) is 4.22. The highest BCUT2D eigenvalue weighted by Crippen LogP contribution is 2.47. The zero-order chi connectivity index (χ0) is 17.1. The lowest BCUT2D eigenvalue weighted by Crippen LogP contribution is -2.55. The van der Waals surface area contributed by atoms with E-state index < -0.39 is 20.9 Å². The maximum absolute atomic E-state index is 12.9. The van der Waals surface area contributed by atoms with Gasteiger partial charge < -0.3 is 9.64 Å². The molecule has 3 aliphatic rings. The second kappa shape index (κ2) is 5.37. The maximum Gasteiger partial charge on any atom is 0.225 e. The highest BCUT2D eigenvalue weighted by molar-refractivity contribution is 7.90. The van der Waals surface area contributed by atoms with E-state index in [1.54, 1.807) is 16.7 Å². The smallest absolute Gasteiger partial charge is 0.225 e. The highest BCUT2D eigenvalue weighted by Gasteiger charge is 2.65. The predicted octanol–water partition coefficient (Wildman–Crippen LogP) is 0.803. The molecule has 0 amide bonds. The lowest BCUT2D eigenvalue weighted by Gasteiger charge is -2.39. The van der Waals surface area contributed by atoms with Gasteiger partial charge in [-0.25, -0.2) is 18.4 Å². The number of rotatable bonds is 3. The first kappa shape index (κ1) is 16.2. The minimum atomic E-state index is -3.29. The van der Waals surface area contributed by atoms with Crippen molar-refractivity contribution in [1.82, 2.24) is 14.3 Å². The molecule has 3 atom stereocenters. The summed E-state index contributed by atoms with van der Waals surface area (Å²) in [6.07, 6.45) is 4.10. The molecule has 0 N–H and O–H groups in total. The first-order chi connectivity index (χ1) is 11.3. The molecule has 1 spiro atoms. The van der Waals surface area contributed by atoms with E-state index in [1.807, 2.05) is 20.8 Å². The summed E-state index contributed by atoms with van der Waals surface area (Å²) < 4.78 is 33.7. The fraction of sp³-hybridized carbons (Fsp3) is 0.750. The molecule has 2 bridgehead atoms. The topological polar surface area (TPSA) is 75.6 Å². The van der Waals surface area contributed by atoms with Crippen molar-refractivity contribution < 1.29 is 13.2 Å². The molecule has 3 saturated heterocycles. The predicted molar refractivity (Wildman–Crippen MR) is 90.3 cm³/mol. The third-order valence-corrected chi connectivity index (χ3v) is 7.47. The molecule has 4 heterocycles. The zero-order valence-electron chi connectivity index (χ0n) is 14.3. The van der Waals surface area contributed by atoms with Crippen LogP contribution in [-0.4, -0.2) is 65.8 Å². The van der Waals surface area contributed by atoms with Gasteiger partial charge in [0, 0.05) is 32.0 Å².